The fourth-order valence-electron chi connectivity index (χ4n) is 2.20. The maximum atomic E-state index is 11.3. The third kappa shape index (κ3) is 2.73. The van der Waals surface area contributed by atoms with Gasteiger partial charge < -0.3 is 10.6 Å². The van der Waals surface area contributed by atoms with E-state index in [1.165, 1.54) is 11.1 Å². The molecule has 3 rings (SSSR count). The molecular formula is C15H15N3O. The molecule has 0 saturated heterocycles. The van der Waals surface area contributed by atoms with Gasteiger partial charge in [0.25, 0.3) is 0 Å². The highest BCUT2D eigenvalue weighted by Crippen LogP contribution is 2.25. The molecule has 0 radical (unpaired) electrons. The van der Waals surface area contributed by atoms with Gasteiger partial charge in [0.05, 0.1) is 0 Å². The first-order chi connectivity index (χ1) is 9.31. The van der Waals surface area contributed by atoms with E-state index in [0.717, 1.165) is 24.3 Å². The monoisotopic (exact) mass is 253 g/mol. The molecule has 19 heavy (non-hydrogen) atoms. The molecule has 1 aliphatic heterocycles. The summed E-state index contributed by atoms with van der Waals surface area (Å²) in [5.41, 5.74) is 4.40. The maximum Gasteiger partial charge on any atom is 0.224 e. The van der Waals surface area contributed by atoms with Crippen molar-refractivity contribution < 1.29 is 4.79 Å². The maximum absolute atomic E-state index is 11.3. The summed E-state index contributed by atoms with van der Waals surface area (Å²) in [6.45, 7) is 0.771. The standard InChI is InChI=1S/C15H15N3O/c19-15-4-1-12-9-13(2-3-14(12)18-15)17-10-11-5-7-16-8-6-11/h2-3,5-9,17H,1,4,10H2,(H,18,19). The lowest BCUT2D eigenvalue weighted by molar-refractivity contribution is -0.116. The number of nitrogens with one attached hydrogen (secondary N) is 2. The van der Waals surface area contributed by atoms with Gasteiger partial charge in [-0.15, -0.1) is 0 Å². The van der Waals surface area contributed by atoms with Gasteiger partial charge in [-0.05, 0) is 47.9 Å². The van der Waals surface area contributed by atoms with E-state index >= 15 is 0 Å². The molecule has 0 atom stereocenters. The molecule has 1 amide bonds. The van der Waals surface area contributed by atoms with Gasteiger partial charge in [0, 0.05) is 36.7 Å². The van der Waals surface area contributed by atoms with Crippen molar-refractivity contribution in [3.63, 3.8) is 0 Å². The molecule has 1 aromatic heterocycles. The second kappa shape index (κ2) is 5.10. The van der Waals surface area contributed by atoms with Crippen molar-refractivity contribution in [3.8, 4) is 0 Å². The molecular weight excluding hydrogens is 238 g/mol. The summed E-state index contributed by atoms with van der Waals surface area (Å²) in [6, 6.07) is 10.0. The number of hydrogen-bond donors (Lipinski definition) is 2. The Kier molecular flexibility index (Phi) is 3.14. The number of carbonyl (C=O) groups is 1. The van der Waals surface area contributed by atoms with E-state index in [0.29, 0.717) is 6.42 Å². The molecule has 0 fully saturated rings. The molecule has 2 N–H and O–H groups in total. The van der Waals surface area contributed by atoms with Gasteiger partial charge >= 0.3 is 0 Å². The van der Waals surface area contributed by atoms with Crippen molar-refractivity contribution in [3.05, 3.63) is 53.9 Å². The Morgan fingerprint density at radius 3 is 2.84 bits per heavy atom. The summed E-state index contributed by atoms with van der Waals surface area (Å²) in [7, 11) is 0. The van der Waals surface area contributed by atoms with Gasteiger partial charge in [-0.25, -0.2) is 0 Å². The zero-order valence-electron chi connectivity index (χ0n) is 10.5. The van der Waals surface area contributed by atoms with Crippen molar-refractivity contribution in [2.24, 2.45) is 0 Å². The van der Waals surface area contributed by atoms with Crippen LogP contribution >= 0.6 is 0 Å². The van der Waals surface area contributed by atoms with Crippen LogP contribution in [0.25, 0.3) is 0 Å². The fourth-order valence-corrected chi connectivity index (χ4v) is 2.20. The minimum atomic E-state index is 0.102. The fraction of sp³-hybridized carbons (Fsp3) is 0.200. The summed E-state index contributed by atoms with van der Waals surface area (Å²) < 4.78 is 0. The molecule has 1 aliphatic rings. The van der Waals surface area contributed by atoms with E-state index < -0.39 is 0 Å². The molecule has 0 saturated carbocycles. The molecule has 2 heterocycles. The lowest BCUT2D eigenvalue weighted by Crippen LogP contribution is -2.18. The van der Waals surface area contributed by atoms with Crippen LogP contribution in [0.3, 0.4) is 0 Å². The number of anilines is 2. The number of nitrogens with zero attached hydrogens (tertiary/aromatic N) is 1. The first-order valence-corrected chi connectivity index (χ1v) is 6.37. The quantitative estimate of drug-likeness (QED) is 0.884. The van der Waals surface area contributed by atoms with Crippen LogP contribution in [0.5, 0.6) is 0 Å². The summed E-state index contributed by atoms with van der Waals surface area (Å²) >= 11 is 0. The van der Waals surface area contributed by atoms with Crippen LogP contribution < -0.4 is 10.6 Å². The Hall–Kier alpha value is -2.36. The highest BCUT2D eigenvalue weighted by atomic mass is 16.1. The average molecular weight is 253 g/mol. The van der Waals surface area contributed by atoms with Crippen LogP contribution in [0.1, 0.15) is 17.5 Å². The number of fused-ring (bicyclic) bond motifs is 1. The Labute approximate surface area is 111 Å². The minimum absolute atomic E-state index is 0.102. The molecule has 4 nitrogen and oxygen atoms in total. The summed E-state index contributed by atoms with van der Waals surface area (Å²) in [4.78, 5) is 15.3. The number of aryl methyl sites for hydroxylation is 1. The normalized spacial score (nSPS) is 13.6. The van der Waals surface area contributed by atoms with Gasteiger partial charge in [-0.1, -0.05) is 0 Å². The smallest absolute Gasteiger partial charge is 0.224 e. The first kappa shape index (κ1) is 11.7. The van der Waals surface area contributed by atoms with Crippen molar-refractivity contribution in [2.45, 2.75) is 19.4 Å². The van der Waals surface area contributed by atoms with Crippen molar-refractivity contribution in [1.29, 1.82) is 0 Å². The highest BCUT2D eigenvalue weighted by Gasteiger charge is 2.14. The minimum Gasteiger partial charge on any atom is -0.381 e. The molecule has 96 valence electrons. The number of pyridine rings is 1. The Morgan fingerprint density at radius 2 is 2.00 bits per heavy atom. The van der Waals surface area contributed by atoms with Gasteiger partial charge in [0.1, 0.15) is 0 Å². The molecule has 0 bridgehead atoms. The number of benzene rings is 1. The zero-order chi connectivity index (χ0) is 13.1. The number of carbonyl (C=O) groups excluding carboxylic acids is 1. The number of hydrogen-bond acceptors (Lipinski definition) is 3. The van der Waals surface area contributed by atoms with Gasteiger partial charge in [0.2, 0.25) is 5.91 Å². The lowest BCUT2D eigenvalue weighted by atomic mass is 10.0. The second-order valence-electron chi connectivity index (χ2n) is 4.63. The average Bonchev–Trinajstić information content (AvgIpc) is 2.46. The summed E-state index contributed by atoms with van der Waals surface area (Å²) in [5.74, 6) is 0.102. The number of aromatic nitrogens is 1. The van der Waals surface area contributed by atoms with Crippen LogP contribution in [0.2, 0.25) is 0 Å². The predicted molar refractivity (Wildman–Crippen MR) is 75.0 cm³/mol. The first-order valence-electron chi connectivity index (χ1n) is 6.37. The van der Waals surface area contributed by atoms with E-state index in [2.05, 4.69) is 21.7 Å². The molecule has 0 unspecified atom stereocenters. The molecule has 4 heteroatoms. The predicted octanol–water partition coefficient (Wildman–Crippen LogP) is 2.58. The van der Waals surface area contributed by atoms with Crippen molar-refractivity contribution >= 4 is 17.3 Å². The van der Waals surface area contributed by atoms with E-state index in [1.807, 2.05) is 24.3 Å². The van der Waals surface area contributed by atoms with Gasteiger partial charge in [0.15, 0.2) is 0 Å². The van der Waals surface area contributed by atoms with Crippen LogP contribution in [0, 0.1) is 0 Å². The Morgan fingerprint density at radius 1 is 1.16 bits per heavy atom. The molecule has 0 aliphatic carbocycles. The van der Waals surface area contributed by atoms with Crippen LogP contribution in [-0.4, -0.2) is 10.9 Å². The largest absolute Gasteiger partial charge is 0.381 e. The van der Waals surface area contributed by atoms with E-state index in [1.54, 1.807) is 12.4 Å². The SMILES string of the molecule is O=C1CCc2cc(NCc3ccncc3)ccc2N1. The topological polar surface area (TPSA) is 54.0 Å². The second-order valence-corrected chi connectivity index (χ2v) is 4.63. The molecule has 2 aromatic rings. The van der Waals surface area contributed by atoms with Gasteiger partial charge in [-0.2, -0.15) is 0 Å². The molecule has 1 aromatic carbocycles. The third-order valence-corrected chi connectivity index (χ3v) is 3.25. The highest BCUT2D eigenvalue weighted by molar-refractivity contribution is 5.94. The lowest BCUT2D eigenvalue weighted by Gasteiger charge is -2.18. The Bertz CT molecular complexity index is 596. The molecule has 0 spiro atoms. The van der Waals surface area contributed by atoms with Crippen LogP contribution in [0.15, 0.2) is 42.7 Å². The zero-order valence-corrected chi connectivity index (χ0v) is 10.5. The van der Waals surface area contributed by atoms with E-state index in [9.17, 15) is 4.79 Å². The van der Waals surface area contributed by atoms with E-state index in [4.69, 9.17) is 0 Å². The van der Waals surface area contributed by atoms with Crippen LogP contribution in [0.4, 0.5) is 11.4 Å². The third-order valence-electron chi connectivity index (χ3n) is 3.25. The van der Waals surface area contributed by atoms with Gasteiger partial charge in [-0.3, -0.25) is 9.78 Å². The summed E-state index contributed by atoms with van der Waals surface area (Å²) in [5, 5.41) is 6.27. The Balaban J connectivity index is 1.71. The van der Waals surface area contributed by atoms with Crippen molar-refractivity contribution in [2.75, 3.05) is 10.6 Å². The van der Waals surface area contributed by atoms with Crippen LogP contribution in [-0.2, 0) is 17.8 Å². The number of rotatable bonds is 3. The number of amides is 1. The van der Waals surface area contributed by atoms with E-state index in [-0.39, 0.29) is 5.91 Å². The van der Waals surface area contributed by atoms with Crippen molar-refractivity contribution in [1.82, 2.24) is 4.98 Å². The summed E-state index contributed by atoms with van der Waals surface area (Å²) in [6.07, 6.45) is 4.96.